The predicted molar refractivity (Wildman–Crippen MR) is 85.1 cm³/mol. The summed E-state index contributed by atoms with van der Waals surface area (Å²) in [5.41, 5.74) is 5.80. The van der Waals surface area contributed by atoms with Gasteiger partial charge in [0, 0.05) is 37.0 Å². The van der Waals surface area contributed by atoms with Crippen LogP contribution in [0.25, 0.3) is 0 Å². The summed E-state index contributed by atoms with van der Waals surface area (Å²) in [4.78, 5) is 10.3. The Bertz CT molecular complexity index is 594. The number of rotatable bonds is 5. The van der Waals surface area contributed by atoms with Crippen LogP contribution < -0.4 is 10.6 Å². The van der Waals surface area contributed by atoms with Crippen molar-refractivity contribution < 1.29 is 13.2 Å². The van der Waals surface area contributed by atoms with Crippen molar-refractivity contribution in [1.82, 2.24) is 9.97 Å². The second-order valence-corrected chi connectivity index (χ2v) is 8.11. The monoisotopic (exact) mass is 332 g/mol. The number of hydrogen-bond donors (Lipinski definition) is 1. The van der Waals surface area contributed by atoms with Crippen molar-refractivity contribution in [2.24, 2.45) is 0 Å². The van der Waals surface area contributed by atoms with Gasteiger partial charge in [-0.05, 0) is 6.92 Å². The van der Waals surface area contributed by atoms with Crippen LogP contribution in [0.3, 0.4) is 0 Å². The molecule has 2 N–H and O–H groups in total. The summed E-state index contributed by atoms with van der Waals surface area (Å²) in [7, 11) is -3.19. The van der Waals surface area contributed by atoms with E-state index in [2.05, 4.69) is 9.97 Å². The molecule has 9 heteroatoms. The van der Waals surface area contributed by atoms with E-state index in [0.717, 1.165) is 5.75 Å². The van der Waals surface area contributed by atoms with Crippen LogP contribution in [0.2, 0.25) is 0 Å². The molecule has 0 amide bonds. The maximum atomic E-state index is 12.0. The van der Waals surface area contributed by atoms with Crippen molar-refractivity contribution in [2.75, 3.05) is 41.5 Å². The van der Waals surface area contributed by atoms with E-state index >= 15 is 0 Å². The highest BCUT2D eigenvalue weighted by Crippen LogP contribution is 2.26. The Morgan fingerprint density at radius 2 is 2.29 bits per heavy atom. The van der Waals surface area contributed by atoms with Gasteiger partial charge in [-0.25, -0.2) is 18.4 Å². The molecule has 2 rings (SSSR count). The Morgan fingerprint density at radius 1 is 1.52 bits per heavy atom. The van der Waals surface area contributed by atoms with E-state index in [1.165, 1.54) is 6.26 Å². The fraction of sp³-hybridized carbons (Fsp3) is 0.667. The number of hydrogen-bond acceptors (Lipinski definition) is 8. The molecule has 0 aliphatic carbocycles. The Morgan fingerprint density at radius 3 is 2.95 bits per heavy atom. The van der Waals surface area contributed by atoms with Crippen molar-refractivity contribution in [3.63, 3.8) is 0 Å². The lowest BCUT2D eigenvalue weighted by Gasteiger charge is -2.35. The molecule has 1 fully saturated rings. The second-order valence-electron chi connectivity index (χ2n) is 4.76. The van der Waals surface area contributed by atoms with Crippen LogP contribution in [-0.2, 0) is 21.2 Å². The van der Waals surface area contributed by atoms with E-state index in [-0.39, 0.29) is 6.61 Å². The zero-order chi connectivity index (χ0) is 15.5. The number of ether oxygens (including phenoxy) is 1. The van der Waals surface area contributed by atoms with Gasteiger partial charge in [0.2, 0.25) is 0 Å². The van der Waals surface area contributed by atoms with Gasteiger partial charge in [0.25, 0.3) is 0 Å². The van der Waals surface area contributed by atoms with E-state index in [0.29, 0.717) is 36.4 Å². The van der Waals surface area contributed by atoms with Crippen LogP contribution in [0.5, 0.6) is 0 Å². The summed E-state index contributed by atoms with van der Waals surface area (Å²) >= 11 is 1.63. The Hall–Kier alpha value is -1.06. The van der Waals surface area contributed by atoms with Crippen molar-refractivity contribution in [3.05, 3.63) is 11.9 Å². The Labute approximate surface area is 129 Å². The third-order valence-corrected chi connectivity index (χ3v) is 5.73. The van der Waals surface area contributed by atoms with Crippen LogP contribution in [-0.4, -0.2) is 54.7 Å². The Balaban J connectivity index is 2.32. The lowest BCUT2D eigenvalue weighted by Crippen LogP contribution is -2.47. The molecule has 0 spiro atoms. The fourth-order valence-corrected chi connectivity index (χ4v) is 4.93. The minimum atomic E-state index is -3.19. The second kappa shape index (κ2) is 6.80. The summed E-state index contributed by atoms with van der Waals surface area (Å²) in [5, 5.41) is -0.578. The highest BCUT2D eigenvalue weighted by molar-refractivity contribution is 8.01. The average Bonchev–Trinajstić information content (AvgIpc) is 2.43. The molecule has 1 aromatic rings. The van der Waals surface area contributed by atoms with Gasteiger partial charge in [-0.3, -0.25) is 0 Å². The molecule has 0 saturated carbocycles. The molecule has 1 aliphatic heterocycles. The van der Waals surface area contributed by atoms with Crippen LogP contribution in [0.1, 0.15) is 12.7 Å². The average molecular weight is 332 g/mol. The first-order valence-corrected chi connectivity index (χ1v) is 9.77. The first kappa shape index (κ1) is 16.3. The largest absolute Gasteiger partial charge is 0.384 e. The van der Waals surface area contributed by atoms with Crippen molar-refractivity contribution in [1.29, 1.82) is 0 Å². The summed E-state index contributed by atoms with van der Waals surface area (Å²) in [6.07, 6.45) is 1.25. The smallest absolute Gasteiger partial charge is 0.169 e. The highest BCUT2D eigenvalue weighted by Gasteiger charge is 2.32. The fourth-order valence-electron chi connectivity index (χ4n) is 2.11. The molecule has 0 radical (unpaired) electrons. The molecule has 1 saturated heterocycles. The van der Waals surface area contributed by atoms with Crippen molar-refractivity contribution >= 4 is 33.2 Å². The van der Waals surface area contributed by atoms with Crippen LogP contribution in [0, 0.1) is 0 Å². The van der Waals surface area contributed by atoms with Gasteiger partial charge in [-0.15, -0.1) is 0 Å². The molecule has 0 aromatic carbocycles. The van der Waals surface area contributed by atoms with Gasteiger partial charge in [-0.1, -0.05) is 0 Å². The molecular weight excluding hydrogens is 312 g/mol. The molecule has 1 aromatic heterocycles. The summed E-state index contributed by atoms with van der Waals surface area (Å²) in [5.74, 6) is 2.73. The molecule has 21 heavy (non-hydrogen) atoms. The minimum absolute atomic E-state index is 0.265. The zero-order valence-electron chi connectivity index (χ0n) is 12.2. The molecule has 118 valence electrons. The minimum Gasteiger partial charge on any atom is -0.384 e. The van der Waals surface area contributed by atoms with E-state index in [1.54, 1.807) is 22.7 Å². The van der Waals surface area contributed by atoms with Gasteiger partial charge in [-0.2, -0.15) is 11.8 Å². The highest BCUT2D eigenvalue weighted by atomic mass is 32.2. The number of nitrogens with two attached hydrogens (primary N) is 1. The van der Waals surface area contributed by atoms with E-state index in [1.807, 2.05) is 6.92 Å². The van der Waals surface area contributed by atoms with Crippen LogP contribution >= 0.6 is 11.8 Å². The van der Waals surface area contributed by atoms with Gasteiger partial charge in [0.05, 0.1) is 0 Å². The first-order chi connectivity index (χ1) is 9.91. The third-order valence-electron chi connectivity index (χ3n) is 3.09. The maximum absolute atomic E-state index is 12.0. The van der Waals surface area contributed by atoms with Crippen molar-refractivity contribution in [3.8, 4) is 0 Å². The normalized spacial score (nSPS) is 19.7. The topological polar surface area (TPSA) is 98.4 Å². The predicted octanol–water partition coefficient (Wildman–Crippen LogP) is 0.519. The number of sulfone groups is 1. The lowest BCUT2D eigenvalue weighted by atomic mass is 10.4. The number of nitrogens with zero attached hydrogens (tertiary/aromatic N) is 3. The zero-order valence-corrected chi connectivity index (χ0v) is 13.8. The summed E-state index contributed by atoms with van der Waals surface area (Å²) in [6, 6.07) is 1.61. The molecule has 0 bridgehead atoms. The van der Waals surface area contributed by atoms with Gasteiger partial charge < -0.3 is 15.4 Å². The van der Waals surface area contributed by atoms with Gasteiger partial charge in [0.1, 0.15) is 23.6 Å². The number of nitrogen functional groups attached to an aromatic ring is 1. The number of anilines is 2. The van der Waals surface area contributed by atoms with Crippen LogP contribution in [0.15, 0.2) is 6.07 Å². The maximum Gasteiger partial charge on any atom is 0.169 e. The molecule has 1 aliphatic rings. The third kappa shape index (κ3) is 4.21. The Kier molecular flexibility index (Phi) is 5.28. The SMILES string of the molecule is CCOCc1nc(N)cc(N2CCSCC2S(C)(=O)=O)n1. The van der Waals surface area contributed by atoms with Gasteiger partial charge in [0.15, 0.2) is 15.7 Å². The quantitative estimate of drug-likeness (QED) is 0.833. The standard InChI is InChI=1S/C12H20N4O3S2/c1-3-19-7-10-14-9(13)6-11(15-10)16-4-5-20-8-12(16)21(2,17)18/h6,12H,3-5,7-8H2,1-2H3,(H2,13,14,15). The first-order valence-electron chi connectivity index (χ1n) is 6.66. The van der Waals surface area contributed by atoms with E-state index in [4.69, 9.17) is 10.5 Å². The van der Waals surface area contributed by atoms with Gasteiger partial charge >= 0.3 is 0 Å². The lowest BCUT2D eigenvalue weighted by molar-refractivity contribution is 0.128. The molecular formula is C12H20N4O3S2. The van der Waals surface area contributed by atoms with E-state index < -0.39 is 15.2 Å². The van der Waals surface area contributed by atoms with Crippen molar-refractivity contribution in [2.45, 2.75) is 18.9 Å². The van der Waals surface area contributed by atoms with Crippen LogP contribution in [0.4, 0.5) is 11.6 Å². The molecule has 1 atom stereocenters. The molecule has 7 nitrogen and oxygen atoms in total. The number of thioether (sulfide) groups is 1. The summed E-state index contributed by atoms with van der Waals surface area (Å²) < 4.78 is 29.2. The number of aromatic nitrogens is 2. The molecule has 2 heterocycles. The summed E-state index contributed by atoms with van der Waals surface area (Å²) in [6.45, 7) is 3.32. The van der Waals surface area contributed by atoms with E-state index in [9.17, 15) is 8.42 Å². The molecule has 1 unspecified atom stereocenters.